The van der Waals surface area contributed by atoms with Crippen molar-refractivity contribution in [2.45, 2.75) is 43.5 Å². The smallest absolute Gasteiger partial charge is 0.315 e. The molecule has 1 fully saturated rings. The van der Waals surface area contributed by atoms with Crippen molar-refractivity contribution in [3.63, 3.8) is 0 Å². The zero-order chi connectivity index (χ0) is 11.4. The van der Waals surface area contributed by atoms with Crippen molar-refractivity contribution in [1.29, 1.82) is 0 Å². The highest BCUT2D eigenvalue weighted by Gasteiger charge is 2.29. The Morgan fingerprint density at radius 3 is 2.67 bits per heavy atom. The zero-order valence-electron chi connectivity index (χ0n) is 8.99. The molecule has 0 amide bonds. The number of nitrogens with one attached hydrogen (secondary N) is 1. The molecule has 5 heteroatoms. The first-order chi connectivity index (χ1) is 6.91. The van der Waals surface area contributed by atoms with Crippen LogP contribution < -0.4 is 5.32 Å². The first kappa shape index (κ1) is 13.2. The molecule has 1 atom stereocenters. The SMILES string of the molecule is CC1(CNCCCC(F)(F)F)CCCS1. The average molecular weight is 241 g/mol. The van der Waals surface area contributed by atoms with Gasteiger partial charge in [-0.25, -0.2) is 0 Å². The molecule has 0 aliphatic carbocycles. The van der Waals surface area contributed by atoms with E-state index in [2.05, 4.69) is 12.2 Å². The summed E-state index contributed by atoms with van der Waals surface area (Å²) in [6.07, 6.45) is -2.10. The van der Waals surface area contributed by atoms with Gasteiger partial charge in [0.1, 0.15) is 0 Å². The molecule has 0 bridgehead atoms. The van der Waals surface area contributed by atoms with Gasteiger partial charge in [0.25, 0.3) is 0 Å². The standard InChI is InChI=1S/C10H18F3NS/c1-9(4-3-7-15-9)8-14-6-2-5-10(11,12)13/h14H,2-8H2,1H3. The fraction of sp³-hybridized carbons (Fsp3) is 1.00. The lowest BCUT2D eigenvalue weighted by Gasteiger charge is -2.23. The molecule has 1 rings (SSSR count). The molecule has 1 saturated heterocycles. The monoisotopic (exact) mass is 241 g/mol. The summed E-state index contributed by atoms with van der Waals surface area (Å²) in [5.74, 6) is 1.18. The molecule has 0 spiro atoms. The Morgan fingerprint density at radius 1 is 1.40 bits per heavy atom. The van der Waals surface area contributed by atoms with E-state index in [0.29, 0.717) is 6.54 Å². The van der Waals surface area contributed by atoms with E-state index in [1.165, 1.54) is 18.6 Å². The molecule has 1 N–H and O–H groups in total. The van der Waals surface area contributed by atoms with Crippen LogP contribution in [0.15, 0.2) is 0 Å². The van der Waals surface area contributed by atoms with E-state index in [0.717, 1.165) is 6.54 Å². The number of hydrogen-bond donors (Lipinski definition) is 1. The van der Waals surface area contributed by atoms with Gasteiger partial charge in [0.05, 0.1) is 0 Å². The van der Waals surface area contributed by atoms with Crippen molar-refractivity contribution in [1.82, 2.24) is 5.32 Å². The van der Waals surface area contributed by atoms with Gasteiger partial charge in [-0.15, -0.1) is 0 Å². The van der Waals surface area contributed by atoms with Gasteiger partial charge in [-0.1, -0.05) is 0 Å². The maximum Gasteiger partial charge on any atom is 0.389 e. The predicted octanol–water partition coefficient (Wildman–Crippen LogP) is 3.20. The van der Waals surface area contributed by atoms with Gasteiger partial charge >= 0.3 is 6.18 Å². The Labute approximate surface area is 93.2 Å². The molecular formula is C10H18F3NS. The molecule has 1 aliphatic rings. The van der Waals surface area contributed by atoms with E-state index in [1.807, 2.05) is 11.8 Å². The second kappa shape index (κ2) is 5.43. The van der Waals surface area contributed by atoms with Crippen molar-refractivity contribution >= 4 is 11.8 Å². The molecule has 90 valence electrons. The summed E-state index contributed by atoms with van der Waals surface area (Å²) in [6, 6.07) is 0. The molecular weight excluding hydrogens is 223 g/mol. The predicted molar refractivity (Wildman–Crippen MR) is 58.3 cm³/mol. The van der Waals surface area contributed by atoms with E-state index >= 15 is 0 Å². The summed E-state index contributed by atoms with van der Waals surface area (Å²) in [7, 11) is 0. The average Bonchev–Trinajstić information content (AvgIpc) is 2.50. The Morgan fingerprint density at radius 2 is 2.13 bits per heavy atom. The lowest BCUT2D eigenvalue weighted by molar-refractivity contribution is -0.135. The molecule has 1 nitrogen and oxygen atoms in total. The third-order valence-electron chi connectivity index (χ3n) is 2.61. The maximum atomic E-state index is 11.8. The number of rotatable bonds is 5. The van der Waals surface area contributed by atoms with Gasteiger partial charge in [0, 0.05) is 17.7 Å². The quantitative estimate of drug-likeness (QED) is 0.742. The number of hydrogen-bond acceptors (Lipinski definition) is 2. The summed E-state index contributed by atoms with van der Waals surface area (Å²) < 4.78 is 35.7. The van der Waals surface area contributed by atoms with Gasteiger partial charge in [0.2, 0.25) is 0 Å². The number of halogens is 3. The molecule has 1 heterocycles. The lowest BCUT2D eigenvalue weighted by atomic mass is 10.1. The van der Waals surface area contributed by atoms with Gasteiger partial charge in [-0.3, -0.25) is 0 Å². The van der Waals surface area contributed by atoms with Crippen LogP contribution in [0.2, 0.25) is 0 Å². The fourth-order valence-corrected chi connectivity index (χ4v) is 3.02. The van der Waals surface area contributed by atoms with Crippen molar-refractivity contribution in [3.8, 4) is 0 Å². The third-order valence-corrected chi connectivity index (χ3v) is 4.15. The minimum absolute atomic E-state index is 0.185. The normalized spacial score (nSPS) is 27.2. The van der Waals surface area contributed by atoms with Crippen molar-refractivity contribution in [3.05, 3.63) is 0 Å². The van der Waals surface area contributed by atoms with Crippen molar-refractivity contribution in [2.75, 3.05) is 18.8 Å². The Bertz CT molecular complexity index is 188. The van der Waals surface area contributed by atoms with Crippen LogP contribution in [0.25, 0.3) is 0 Å². The van der Waals surface area contributed by atoms with E-state index in [-0.39, 0.29) is 11.2 Å². The first-order valence-electron chi connectivity index (χ1n) is 5.33. The largest absolute Gasteiger partial charge is 0.389 e. The second-order valence-electron chi connectivity index (χ2n) is 4.30. The highest BCUT2D eigenvalue weighted by molar-refractivity contribution is 8.00. The Balaban J connectivity index is 2.02. The molecule has 0 aromatic carbocycles. The van der Waals surface area contributed by atoms with E-state index in [4.69, 9.17) is 0 Å². The van der Waals surface area contributed by atoms with E-state index in [9.17, 15) is 13.2 Å². The topological polar surface area (TPSA) is 12.0 Å². The van der Waals surface area contributed by atoms with Gasteiger partial charge in [-0.05, 0) is 38.5 Å². The van der Waals surface area contributed by atoms with Crippen LogP contribution in [0.4, 0.5) is 13.2 Å². The van der Waals surface area contributed by atoms with Crippen molar-refractivity contribution < 1.29 is 13.2 Å². The number of alkyl halides is 3. The van der Waals surface area contributed by atoms with Crippen LogP contribution in [0.1, 0.15) is 32.6 Å². The van der Waals surface area contributed by atoms with Crippen LogP contribution >= 0.6 is 11.8 Å². The fourth-order valence-electron chi connectivity index (χ4n) is 1.74. The Hall–Kier alpha value is 0.100. The summed E-state index contributed by atoms with van der Waals surface area (Å²) in [5, 5.41) is 3.12. The first-order valence-corrected chi connectivity index (χ1v) is 6.31. The molecule has 0 saturated carbocycles. The van der Waals surface area contributed by atoms with Crippen LogP contribution in [0, 0.1) is 0 Å². The maximum absolute atomic E-state index is 11.8. The highest BCUT2D eigenvalue weighted by atomic mass is 32.2. The summed E-state index contributed by atoms with van der Waals surface area (Å²) in [5.41, 5.74) is 0. The van der Waals surface area contributed by atoms with Gasteiger partial charge < -0.3 is 5.32 Å². The lowest BCUT2D eigenvalue weighted by Crippen LogP contribution is -2.33. The molecule has 1 aliphatic heterocycles. The summed E-state index contributed by atoms with van der Waals surface area (Å²) >= 11 is 1.92. The van der Waals surface area contributed by atoms with Crippen LogP contribution in [-0.4, -0.2) is 29.8 Å². The minimum Gasteiger partial charge on any atom is -0.315 e. The molecule has 15 heavy (non-hydrogen) atoms. The highest BCUT2D eigenvalue weighted by Crippen LogP contribution is 2.36. The number of thioether (sulfide) groups is 1. The van der Waals surface area contributed by atoms with Gasteiger partial charge in [-0.2, -0.15) is 24.9 Å². The minimum atomic E-state index is -4.01. The second-order valence-corrected chi connectivity index (χ2v) is 5.98. The molecule has 0 aromatic heterocycles. The van der Waals surface area contributed by atoms with E-state index in [1.54, 1.807) is 0 Å². The molecule has 0 aromatic rings. The van der Waals surface area contributed by atoms with Gasteiger partial charge in [0.15, 0.2) is 0 Å². The van der Waals surface area contributed by atoms with E-state index < -0.39 is 12.6 Å². The van der Waals surface area contributed by atoms with Crippen LogP contribution in [0.3, 0.4) is 0 Å². The Kier molecular flexibility index (Phi) is 4.77. The molecule has 0 radical (unpaired) electrons. The van der Waals surface area contributed by atoms with Crippen LogP contribution in [0.5, 0.6) is 0 Å². The summed E-state index contributed by atoms with van der Waals surface area (Å²) in [6.45, 7) is 3.48. The zero-order valence-corrected chi connectivity index (χ0v) is 9.81. The van der Waals surface area contributed by atoms with Crippen LogP contribution in [-0.2, 0) is 0 Å². The third kappa shape index (κ3) is 5.66. The van der Waals surface area contributed by atoms with Crippen molar-refractivity contribution in [2.24, 2.45) is 0 Å². The summed E-state index contributed by atoms with van der Waals surface area (Å²) in [4.78, 5) is 0. The molecule has 1 unspecified atom stereocenters.